The number of benzene rings is 2. The molecule has 0 aliphatic heterocycles. The molecule has 0 aliphatic carbocycles. The molecular weight excluding hydrogens is 526 g/mol. The zero-order chi connectivity index (χ0) is 28.5. The minimum absolute atomic E-state index is 0.184. The summed E-state index contributed by atoms with van der Waals surface area (Å²) in [6.45, 7) is 6.52. The van der Waals surface area contributed by atoms with E-state index >= 15 is 0 Å². The van der Waals surface area contributed by atoms with Crippen LogP contribution in [0.3, 0.4) is 0 Å². The van der Waals surface area contributed by atoms with Crippen molar-refractivity contribution in [3.63, 3.8) is 0 Å². The van der Waals surface area contributed by atoms with E-state index in [1.165, 1.54) is 0 Å². The molecule has 0 atom stereocenters. The number of anilines is 1. The van der Waals surface area contributed by atoms with Crippen molar-refractivity contribution in [1.29, 1.82) is 0 Å². The van der Waals surface area contributed by atoms with Gasteiger partial charge >= 0.3 is 6.36 Å². The van der Waals surface area contributed by atoms with Crippen molar-refractivity contribution < 1.29 is 27.0 Å². The van der Waals surface area contributed by atoms with Gasteiger partial charge in [0.15, 0.2) is 11.6 Å². The molecule has 0 fully saturated rings. The van der Waals surface area contributed by atoms with E-state index in [0.29, 0.717) is 38.4 Å². The Bertz CT molecular complexity index is 1390. The van der Waals surface area contributed by atoms with Crippen molar-refractivity contribution in [1.82, 2.24) is 20.5 Å². The van der Waals surface area contributed by atoms with Crippen LogP contribution in [0.5, 0.6) is 5.75 Å². The van der Waals surface area contributed by atoms with Crippen LogP contribution in [-0.2, 0) is 17.7 Å². The Morgan fingerprint density at radius 3 is 2.58 bits per heavy atom. The molecule has 0 bridgehead atoms. The molecule has 0 amide bonds. The summed E-state index contributed by atoms with van der Waals surface area (Å²) >= 11 is 0. The zero-order valence-corrected chi connectivity index (χ0v) is 22.5. The van der Waals surface area contributed by atoms with Crippen LogP contribution in [0.4, 0.5) is 23.2 Å². The molecule has 2 aromatic carbocycles. The highest BCUT2D eigenvalue weighted by Gasteiger charge is 2.33. The number of aromatic amines is 1. The van der Waals surface area contributed by atoms with Crippen LogP contribution in [0.2, 0.25) is 0 Å². The summed E-state index contributed by atoms with van der Waals surface area (Å²) in [6, 6.07) is 8.71. The number of fused-ring (bicyclic) bond motifs is 1. The lowest BCUT2D eigenvalue weighted by Gasteiger charge is -2.15. The van der Waals surface area contributed by atoms with Crippen LogP contribution in [0.25, 0.3) is 22.0 Å². The van der Waals surface area contributed by atoms with Gasteiger partial charge in [0.1, 0.15) is 0 Å². The molecular formula is C29H33F4N5O2. The van der Waals surface area contributed by atoms with Crippen molar-refractivity contribution in [3.8, 4) is 16.9 Å². The molecule has 11 heteroatoms. The smallest absolute Gasteiger partial charge is 0.402 e. The van der Waals surface area contributed by atoms with E-state index in [1.54, 1.807) is 25.4 Å². The molecule has 0 saturated heterocycles. The summed E-state index contributed by atoms with van der Waals surface area (Å²) in [4.78, 5) is 4.11. The Morgan fingerprint density at radius 1 is 1.02 bits per heavy atom. The second kappa shape index (κ2) is 13.6. The first kappa shape index (κ1) is 29.3. The van der Waals surface area contributed by atoms with Crippen LogP contribution in [-0.4, -0.2) is 47.8 Å². The monoisotopic (exact) mass is 559 g/mol. The fourth-order valence-corrected chi connectivity index (χ4v) is 4.57. The Hall–Kier alpha value is -3.70. The molecule has 3 N–H and O–H groups in total. The second-order valence-corrected chi connectivity index (χ2v) is 9.38. The number of halogens is 4. The molecule has 2 aromatic heterocycles. The predicted octanol–water partition coefficient (Wildman–Crippen LogP) is 6.53. The molecule has 2 heterocycles. The van der Waals surface area contributed by atoms with Crippen molar-refractivity contribution in [2.24, 2.45) is 0 Å². The molecule has 4 aromatic rings. The maximum atomic E-state index is 14.2. The van der Waals surface area contributed by atoms with Gasteiger partial charge in [0.2, 0.25) is 0 Å². The number of rotatable bonds is 14. The molecule has 0 unspecified atom stereocenters. The van der Waals surface area contributed by atoms with Gasteiger partial charge in [-0.25, -0.2) is 4.39 Å². The first-order chi connectivity index (χ1) is 19.3. The van der Waals surface area contributed by atoms with Gasteiger partial charge in [-0.1, -0.05) is 13.0 Å². The maximum absolute atomic E-state index is 14.2. The first-order valence-electron chi connectivity index (χ1n) is 13.2. The van der Waals surface area contributed by atoms with E-state index in [9.17, 15) is 17.6 Å². The highest BCUT2D eigenvalue weighted by Crippen LogP contribution is 2.34. The Morgan fingerprint density at radius 2 is 1.82 bits per heavy atom. The average molecular weight is 560 g/mol. The number of aromatic nitrogens is 3. The number of aryl methyl sites for hydroxylation is 2. The van der Waals surface area contributed by atoms with E-state index in [-0.39, 0.29) is 12.0 Å². The minimum Gasteiger partial charge on any atom is -0.402 e. The molecule has 7 nitrogen and oxygen atoms in total. The fraction of sp³-hybridized carbons (Fsp3) is 0.379. The van der Waals surface area contributed by atoms with Gasteiger partial charge in [-0.15, -0.1) is 13.2 Å². The molecule has 214 valence electrons. The Balaban J connectivity index is 1.16. The first-order valence-corrected chi connectivity index (χ1v) is 13.2. The topological polar surface area (TPSA) is 84.1 Å². The molecule has 0 saturated carbocycles. The van der Waals surface area contributed by atoms with E-state index < -0.39 is 17.9 Å². The van der Waals surface area contributed by atoms with Gasteiger partial charge in [0, 0.05) is 43.2 Å². The van der Waals surface area contributed by atoms with Gasteiger partial charge in [0.25, 0.3) is 0 Å². The average Bonchev–Trinajstić information content (AvgIpc) is 3.43. The SMILES string of the molecule is CCc1cc(CNCCCCOCCNc2cc(-c3ccncc3)c(C)c3[nH]ncc23)cc(F)c1OC(F)(F)F. The zero-order valence-electron chi connectivity index (χ0n) is 22.5. The number of hydrogen-bond donors (Lipinski definition) is 3. The highest BCUT2D eigenvalue weighted by molar-refractivity contribution is 5.98. The summed E-state index contributed by atoms with van der Waals surface area (Å²) in [5, 5.41) is 15.0. The van der Waals surface area contributed by atoms with Gasteiger partial charge < -0.3 is 20.1 Å². The number of unbranched alkanes of at least 4 members (excludes halogenated alkanes) is 1. The summed E-state index contributed by atoms with van der Waals surface area (Å²) in [6.07, 6.45) is 2.34. The number of nitrogens with one attached hydrogen (secondary N) is 3. The molecule has 40 heavy (non-hydrogen) atoms. The van der Waals surface area contributed by atoms with Crippen LogP contribution in [0.15, 0.2) is 48.9 Å². The van der Waals surface area contributed by atoms with E-state index in [1.807, 2.05) is 18.3 Å². The molecule has 0 radical (unpaired) electrons. The summed E-state index contributed by atoms with van der Waals surface area (Å²) in [5.41, 5.74) is 6.04. The lowest BCUT2D eigenvalue weighted by atomic mass is 9.98. The third kappa shape index (κ3) is 7.70. The molecule has 4 rings (SSSR count). The second-order valence-electron chi connectivity index (χ2n) is 9.38. The lowest BCUT2D eigenvalue weighted by Crippen LogP contribution is -2.20. The summed E-state index contributed by atoms with van der Waals surface area (Å²) in [5.74, 6) is -1.76. The quantitative estimate of drug-likeness (QED) is 0.120. The third-order valence-electron chi connectivity index (χ3n) is 6.55. The van der Waals surface area contributed by atoms with Crippen LogP contribution >= 0.6 is 0 Å². The number of alkyl halides is 3. The fourth-order valence-electron chi connectivity index (χ4n) is 4.57. The van der Waals surface area contributed by atoms with Crippen LogP contribution < -0.4 is 15.4 Å². The summed E-state index contributed by atoms with van der Waals surface area (Å²) < 4.78 is 61.5. The predicted molar refractivity (Wildman–Crippen MR) is 147 cm³/mol. The van der Waals surface area contributed by atoms with Crippen molar-refractivity contribution >= 4 is 16.6 Å². The van der Waals surface area contributed by atoms with Gasteiger partial charge in [-0.05, 0) is 84.8 Å². The largest absolute Gasteiger partial charge is 0.573 e. The van der Waals surface area contributed by atoms with Crippen LogP contribution in [0.1, 0.15) is 36.5 Å². The minimum atomic E-state index is -4.93. The number of pyridine rings is 1. The van der Waals surface area contributed by atoms with Crippen LogP contribution in [0, 0.1) is 12.7 Å². The van der Waals surface area contributed by atoms with Gasteiger partial charge in [0.05, 0.1) is 18.3 Å². The number of nitrogens with zero attached hydrogens (tertiary/aromatic N) is 2. The van der Waals surface area contributed by atoms with Crippen molar-refractivity contribution in [3.05, 3.63) is 71.4 Å². The number of ether oxygens (including phenoxy) is 2. The Labute approximate surface area is 230 Å². The van der Waals surface area contributed by atoms with E-state index in [2.05, 4.69) is 43.5 Å². The number of hydrogen-bond acceptors (Lipinski definition) is 6. The summed E-state index contributed by atoms with van der Waals surface area (Å²) in [7, 11) is 0. The van der Waals surface area contributed by atoms with Crippen molar-refractivity contribution in [2.75, 3.05) is 31.6 Å². The molecule has 0 aliphatic rings. The number of H-pyrrole nitrogens is 1. The van der Waals surface area contributed by atoms with Gasteiger partial charge in [-0.2, -0.15) is 5.10 Å². The standard InChI is InChI=1S/C29H33F4N5O2/c1-3-21-14-20(15-25(30)28(21)40-29(31,32)33)17-35-8-4-5-12-39-13-11-36-26-16-23(22-6-9-34-10-7-22)19(2)27-24(26)18-37-38-27/h6-7,9-10,14-16,18,35-36H,3-5,8,11-13,17H2,1-2H3,(H,37,38). The normalized spacial score (nSPS) is 11.8. The van der Waals surface area contributed by atoms with E-state index in [0.717, 1.165) is 52.2 Å². The van der Waals surface area contributed by atoms with Gasteiger partial charge in [-0.3, -0.25) is 10.1 Å². The van der Waals surface area contributed by atoms with Crippen molar-refractivity contribution in [2.45, 2.75) is 46.0 Å². The lowest BCUT2D eigenvalue weighted by molar-refractivity contribution is -0.275. The maximum Gasteiger partial charge on any atom is 0.573 e. The Kier molecular flexibility index (Phi) is 9.94. The highest BCUT2D eigenvalue weighted by atomic mass is 19.4. The van der Waals surface area contributed by atoms with E-state index in [4.69, 9.17) is 4.74 Å². The molecule has 0 spiro atoms. The third-order valence-corrected chi connectivity index (χ3v) is 6.55.